The smallest absolute Gasteiger partial charge is 0.362 e. The summed E-state index contributed by atoms with van der Waals surface area (Å²) in [5, 5.41) is 18.4. The van der Waals surface area contributed by atoms with E-state index in [9.17, 15) is 14.9 Å². The maximum atomic E-state index is 11.9. The van der Waals surface area contributed by atoms with Crippen molar-refractivity contribution in [3.05, 3.63) is 45.1 Å². The van der Waals surface area contributed by atoms with Gasteiger partial charge < -0.3 is 20.2 Å². The zero-order valence-electron chi connectivity index (χ0n) is 10.2. The molecule has 2 rings (SSSR count). The van der Waals surface area contributed by atoms with Gasteiger partial charge in [-0.3, -0.25) is 4.79 Å². The Kier molecular flexibility index (Phi) is 3.85. The van der Waals surface area contributed by atoms with Crippen molar-refractivity contribution in [1.82, 2.24) is 10.2 Å². The molecule has 0 radical (unpaired) electrons. The summed E-state index contributed by atoms with van der Waals surface area (Å²) in [5.74, 6) is -0.628. The van der Waals surface area contributed by atoms with Crippen molar-refractivity contribution in [2.24, 2.45) is 0 Å². The van der Waals surface area contributed by atoms with Gasteiger partial charge in [0.1, 0.15) is 5.75 Å². The molecule has 0 spiro atoms. The molecule has 0 atom stereocenters. The standard InChI is InChI=1S/C11H9ClN4O4/c1-20-7-4-2-3-6(5-7)13-11(17)9-8(12)10(15-14-9)16(18)19/h2-5H,1H3,(H,13,17)(H,14,15). The number of halogens is 1. The van der Waals surface area contributed by atoms with Crippen molar-refractivity contribution in [2.45, 2.75) is 0 Å². The molecule has 8 nitrogen and oxygen atoms in total. The van der Waals surface area contributed by atoms with Crippen LogP contribution in [0, 0.1) is 10.1 Å². The first-order valence-corrected chi connectivity index (χ1v) is 5.74. The molecule has 1 heterocycles. The van der Waals surface area contributed by atoms with Crippen molar-refractivity contribution in [2.75, 3.05) is 12.4 Å². The van der Waals surface area contributed by atoms with Gasteiger partial charge in [0, 0.05) is 11.8 Å². The van der Waals surface area contributed by atoms with Gasteiger partial charge in [0.2, 0.25) is 0 Å². The highest BCUT2D eigenvalue weighted by Crippen LogP contribution is 2.25. The van der Waals surface area contributed by atoms with E-state index in [1.807, 2.05) is 0 Å². The summed E-state index contributed by atoms with van der Waals surface area (Å²) >= 11 is 5.72. The van der Waals surface area contributed by atoms with Crippen molar-refractivity contribution in [3.63, 3.8) is 0 Å². The fraction of sp³-hybridized carbons (Fsp3) is 0.0909. The predicted octanol–water partition coefficient (Wildman–Crippen LogP) is 2.23. The third kappa shape index (κ3) is 2.69. The maximum Gasteiger partial charge on any atom is 0.362 e. The van der Waals surface area contributed by atoms with Gasteiger partial charge in [0.15, 0.2) is 10.7 Å². The maximum absolute atomic E-state index is 11.9. The number of nitrogens with zero attached hydrogens (tertiary/aromatic N) is 2. The molecular formula is C11H9ClN4O4. The quantitative estimate of drug-likeness (QED) is 0.664. The number of carbonyl (C=O) groups is 1. The van der Waals surface area contributed by atoms with Gasteiger partial charge in [-0.05, 0) is 17.1 Å². The highest BCUT2D eigenvalue weighted by Gasteiger charge is 2.25. The normalized spacial score (nSPS) is 10.1. The number of aromatic nitrogens is 2. The first-order chi connectivity index (χ1) is 9.52. The SMILES string of the molecule is COc1cccc(NC(=O)c2n[nH]c([N+](=O)[O-])c2Cl)c1. The van der Waals surface area contributed by atoms with E-state index in [0.717, 1.165) is 0 Å². The number of methoxy groups -OCH3 is 1. The number of carbonyl (C=O) groups excluding carboxylic acids is 1. The Morgan fingerprint density at radius 2 is 2.30 bits per heavy atom. The lowest BCUT2D eigenvalue weighted by molar-refractivity contribution is -0.389. The molecule has 104 valence electrons. The molecule has 0 unspecified atom stereocenters. The number of benzene rings is 1. The number of nitro groups is 1. The van der Waals surface area contributed by atoms with Crippen molar-refractivity contribution in [3.8, 4) is 5.75 Å². The Labute approximate surface area is 117 Å². The highest BCUT2D eigenvalue weighted by atomic mass is 35.5. The second-order valence-corrected chi connectivity index (χ2v) is 4.06. The Bertz CT molecular complexity index is 670. The van der Waals surface area contributed by atoms with E-state index in [0.29, 0.717) is 11.4 Å². The minimum Gasteiger partial charge on any atom is -0.497 e. The molecule has 0 bridgehead atoms. The Balaban J connectivity index is 2.22. The van der Waals surface area contributed by atoms with Gasteiger partial charge in [-0.1, -0.05) is 22.8 Å². The summed E-state index contributed by atoms with van der Waals surface area (Å²) in [6.45, 7) is 0. The third-order valence-electron chi connectivity index (χ3n) is 2.41. The van der Waals surface area contributed by atoms with Gasteiger partial charge in [-0.15, -0.1) is 5.10 Å². The number of aromatic amines is 1. The number of nitrogens with one attached hydrogen (secondary N) is 2. The van der Waals surface area contributed by atoms with Crippen LogP contribution in [0.4, 0.5) is 11.5 Å². The van der Waals surface area contributed by atoms with E-state index in [2.05, 4.69) is 15.5 Å². The number of hydrogen-bond donors (Lipinski definition) is 2. The summed E-state index contributed by atoms with van der Waals surface area (Å²) in [6.07, 6.45) is 0. The second-order valence-electron chi connectivity index (χ2n) is 3.68. The van der Waals surface area contributed by atoms with E-state index < -0.39 is 16.6 Å². The Morgan fingerprint density at radius 3 is 2.90 bits per heavy atom. The van der Waals surface area contributed by atoms with Crippen LogP contribution in [-0.2, 0) is 0 Å². The lowest BCUT2D eigenvalue weighted by atomic mass is 10.3. The van der Waals surface area contributed by atoms with Crippen LogP contribution < -0.4 is 10.1 Å². The topological polar surface area (TPSA) is 110 Å². The van der Waals surface area contributed by atoms with Crippen LogP contribution in [0.1, 0.15) is 10.5 Å². The van der Waals surface area contributed by atoms with Gasteiger partial charge in [0.25, 0.3) is 5.91 Å². The van der Waals surface area contributed by atoms with E-state index >= 15 is 0 Å². The molecular weight excluding hydrogens is 288 g/mol. The molecule has 0 aliphatic carbocycles. The molecule has 1 amide bonds. The predicted molar refractivity (Wildman–Crippen MR) is 71.2 cm³/mol. The Morgan fingerprint density at radius 1 is 1.55 bits per heavy atom. The number of amides is 1. The largest absolute Gasteiger partial charge is 0.497 e. The van der Waals surface area contributed by atoms with Crippen LogP contribution in [0.5, 0.6) is 5.75 Å². The zero-order valence-corrected chi connectivity index (χ0v) is 11.0. The molecule has 0 fully saturated rings. The van der Waals surface area contributed by atoms with Crippen LogP contribution in [0.3, 0.4) is 0 Å². The molecule has 0 aliphatic heterocycles. The summed E-state index contributed by atoms with van der Waals surface area (Å²) in [7, 11) is 1.49. The minimum atomic E-state index is -0.752. The van der Waals surface area contributed by atoms with Gasteiger partial charge in [-0.25, -0.2) is 0 Å². The van der Waals surface area contributed by atoms with Crippen molar-refractivity contribution in [1.29, 1.82) is 0 Å². The number of ether oxygens (including phenoxy) is 1. The molecule has 1 aromatic heterocycles. The molecule has 0 saturated carbocycles. The van der Waals surface area contributed by atoms with Crippen molar-refractivity contribution < 1.29 is 14.5 Å². The highest BCUT2D eigenvalue weighted by molar-refractivity contribution is 6.35. The fourth-order valence-corrected chi connectivity index (χ4v) is 1.72. The summed E-state index contributed by atoms with van der Waals surface area (Å²) < 4.78 is 5.01. The lowest BCUT2D eigenvalue weighted by Gasteiger charge is -2.05. The van der Waals surface area contributed by atoms with Crippen LogP contribution in [-0.4, -0.2) is 28.1 Å². The van der Waals surface area contributed by atoms with E-state index in [-0.39, 0.29) is 10.7 Å². The molecule has 0 aliphatic rings. The van der Waals surface area contributed by atoms with Gasteiger partial charge in [0.05, 0.1) is 7.11 Å². The average Bonchev–Trinajstić information content (AvgIpc) is 2.81. The number of rotatable bonds is 4. The monoisotopic (exact) mass is 296 g/mol. The molecule has 2 N–H and O–H groups in total. The summed E-state index contributed by atoms with van der Waals surface area (Å²) in [6, 6.07) is 6.62. The molecule has 9 heteroatoms. The molecule has 0 saturated heterocycles. The lowest BCUT2D eigenvalue weighted by Crippen LogP contribution is -2.13. The van der Waals surface area contributed by atoms with Crippen LogP contribution in [0.2, 0.25) is 5.02 Å². The summed E-state index contributed by atoms with van der Waals surface area (Å²) in [4.78, 5) is 21.8. The first-order valence-electron chi connectivity index (χ1n) is 5.36. The van der Waals surface area contributed by atoms with Crippen LogP contribution >= 0.6 is 11.6 Å². The number of H-pyrrole nitrogens is 1. The fourth-order valence-electron chi connectivity index (χ4n) is 1.48. The first kappa shape index (κ1) is 13.8. The molecule has 1 aromatic carbocycles. The van der Waals surface area contributed by atoms with E-state index in [1.165, 1.54) is 7.11 Å². The zero-order chi connectivity index (χ0) is 14.7. The van der Waals surface area contributed by atoms with E-state index in [1.54, 1.807) is 24.3 Å². The molecule has 20 heavy (non-hydrogen) atoms. The van der Waals surface area contributed by atoms with Crippen LogP contribution in [0.15, 0.2) is 24.3 Å². The molecule has 2 aromatic rings. The number of anilines is 1. The van der Waals surface area contributed by atoms with Crippen molar-refractivity contribution >= 4 is 29.0 Å². The average molecular weight is 297 g/mol. The second kappa shape index (κ2) is 5.57. The van der Waals surface area contributed by atoms with Crippen LogP contribution in [0.25, 0.3) is 0 Å². The third-order valence-corrected chi connectivity index (χ3v) is 2.77. The Hall–Kier alpha value is -2.61. The minimum absolute atomic E-state index is 0.249. The summed E-state index contributed by atoms with van der Waals surface area (Å²) in [5.41, 5.74) is 0.206. The van der Waals surface area contributed by atoms with Gasteiger partial charge in [-0.2, -0.15) is 0 Å². The van der Waals surface area contributed by atoms with E-state index in [4.69, 9.17) is 16.3 Å². The number of hydrogen-bond acceptors (Lipinski definition) is 5. The van der Waals surface area contributed by atoms with Gasteiger partial charge >= 0.3 is 5.82 Å².